The van der Waals surface area contributed by atoms with Gasteiger partial charge in [0.1, 0.15) is 26.4 Å². The number of anilines is 3. The molecule has 0 atom stereocenters. The van der Waals surface area contributed by atoms with Crippen molar-refractivity contribution in [1.82, 2.24) is 0 Å². The second kappa shape index (κ2) is 49.1. The Kier molecular flexibility index (Phi) is 60.4. The van der Waals surface area contributed by atoms with Crippen LogP contribution in [0.1, 0.15) is 0 Å². The summed E-state index contributed by atoms with van der Waals surface area (Å²) in [6.07, 6.45) is 0. The molecule has 2 aliphatic rings. The predicted molar refractivity (Wildman–Crippen MR) is 243 cm³/mol. The van der Waals surface area contributed by atoms with Crippen LogP contribution in [-0.2, 0) is 37.9 Å². The van der Waals surface area contributed by atoms with Gasteiger partial charge in [-0.15, -0.1) is 0 Å². The summed E-state index contributed by atoms with van der Waals surface area (Å²) in [6.45, 7) is 7.86. The molecule has 0 aromatic heterocycles. The van der Waals surface area contributed by atoms with Gasteiger partial charge in [-0.2, -0.15) is 0 Å². The summed E-state index contributed by atoms with van der Waals surface area (Å²) in [5, 5.41) is 11.5. The maximum absolute atomic E-state index is 11.5. The molecule has 2 heterocycles. The Hall–Kier alpha value is -4.78. The Balaban J connectivity index is -0.000000370. The van der Waals surface area contributed by atoms with Crippen molar-refractivity contribution in [1.29, 1.82) is 0 Å². The largest absolute Gasteiger partial charge is 0.487 e. The van der Waals surface area contributed by atoms with Crippen molar-refractivity contribution < 1.29 is 133 Å². The third-order valence-corrected chi connectivity index (χ3v) is 7.86. The topological polar surface area (TPSA) is 567 Å². The molecule has 26 N–H and O–H groups in total. The molecule has 0 fully saturated rings. The highest BCUT2D eigenvalue weighted by Crippen LogP contribution is 2.42. The molecule has 400 valence electrons. The van der Waals surface area contributed by atoms with E-state index in [0.717, 1.165) is 0 Å². The molecule has 0 radical (unpaired) electrons. The lowest BCUT2D eigenvalue weighted by Gasteiger charge is -2.27. The van der Waals surface area contributed by atoms with Crippen LogP contribution in [0.5, 0.6) is 23.0 Å². The zero-order chi connectivity index (χ0) is 37.5. The molecule has 0 unspecified atom stereocenters. The minimum absolute atomic E-state index is 0. The average molecular weight is 993 g/mol. The van der Waals surface area contributed by atoms with Gasteiger partial charge in [-0.3, -0.25) is 10.1 Å². The van der Waals surface area contributed by atoms with E-state index in [1.54, 1.807) is 12.1 Å². The smallest absolute Gasteiger partial charge is 0.269 e. The zero-order valence-electron chi connectivity index (χ0n) is 37.0. The number of hydrogen-bond donors (Lipinski definition) is 0. The highest BCUT2D eigenvalue weighted by atomic mass is 16.6. The fourth-order valence-electron chi connectivity index (χ4n) is 5.27. The van der Waals surface area contributed by atoms with Crippen LogP contribution in [0, 0.1) is 10.1 Å². The third kappa shape index (κ3) is 29.6. The minimum atomic E-state index is -0.432. The first kappa shape index (κ1) is 82.3. The van der Waals surface area contributed by atoms with E-state index in [2.05, 4.69) is 0 Å². The Morgan fingerprint density at radius 1 is 0.313 bits per heavy atom. The molecule has 0 aliphatic carbocycles. The van der Waals surface area contributed by atoms with Crippen LogP contribution < -0.4 is 23.8 Å². The molecule has 3 aromatic rings. The lowest BCUT2D eigenvalue weighted by molar-refractivity contribution is -0.384. The second-order valence-corrected chi connectivity index (χ2v) is 11.7. The third-order valence-electron chi connectivity index (χ3n) is 7.86. The van der Waals surface area contributed by atoms with Gasteiger partial charge in [0.05, 0.1) is 122 Å². The lowest BCUT2D eigenvalue weighted by Crippen LogP contribution is -2.16. The highest BCUT2D eigenvalue weighted by Gasteiger charge is 2.20. The number of nitro benzene ring substituents is 1. The zero-order valence-corrected chi connectivity index (χ0v) is 37.0. The molecular formula is C38H76N2O27. The SMILES string of the molecule is O.O.O.O.O.O.O.O.O.O.O.O.O.O=[N+]([O-])c1ccc(N(c2ccc3c(c2)OCCOCCOCCOCCOCCO3)c2ccc3c(c2)OCCOCCOCCOCCOCCO3)cc1. The van der Waals surface area contributed by atoms with Crippen LogP contribution in [0.4, 0.5) is 22.7 Å². The molecule has 0 saturated carbocycles. The summed E-state index contributed by atoms with van der Waals surface area (Å²) in [6, 6.07) is 17.4. The Labute approximate surface area is 386 Å². The number of fused-ring (bicyclic) bond motifs is 2. The highest BCUT2D eigenvalue weighted by molar-refractivity contribution is 5.79. The van der Waals surface area contributed by atoms with Gasteiger partial charge >= 0.3 is 0 Å². The summed E-state index contributed by atoms with van der Waals surface area (Å²) in [4.78, 5) is 13.0. The maximum atomic E-state index is 11.5. The fraction of sp³-hybridized carbons (Fsp3) is 0.526. The van der Waals surface area contributed by atoms with Crippen LogP contribution in [-0.4, -0.2) is 208 Å². The molecule has 5 rings (SSSR count). The summed E-state index contributed by atoms with van der Waals surface area (Å²) in [7, 11) is 0. The van der Waals surface area contributed by atoms with Gasteiger partial charge in [-0.1, -0.05) is 0 Å². The van der Waals surface area contributed by atoms with Crippen molar-refractivity contribution in [3.05, 3.63) is 70.8 Å². The maximum Gasteiger partial charge on any atom is 0.269 e. The van der Waals surface area contributed by atoms with E-state index in [1.165, 1.54) is 12.1 Å². The van der Waals surface area contributed by atoms with Gasteiger partial charge < -0.3 is 133 Å². The van der Waals surface area contributed by atoms with Crippen molar-refractivity contribution >= 4 is 22.7 Å². The van der Waals surface area contributed by atoms with E-state index in [1.807, 2.05) is 41.3 Å². The summed E-state index contributed by atoms with van der Waals surface area (Å²) >= 11 is 0. The molecule has 3 aromatic carbocycles. The number of rotatable bonds is 4. The number of hydrogen-bond acceptors (Lipinski definition) is 15. The van der Waals surface area contributed by atoms with Crippen molar-refractivity contribution in [3.63, 3.8) is 0 Å². The first-order valence-electron chi connectivity index (χ1n) is 18.1. The van der Waals surface area contributed by atoms with E-state index in [0.29, 0.717) is 159 Å². The van der Waals surface area contributed by atoms with Gasteiger partial charge in [0.15, 0.2) is 23.0 Å². The summed E-state index contributed by atoms with van der Waals surface area (Å²) < 4.78 is 69.5. The molecule has 0 amide bonds. The van der Waals surface area contributed by atoms with Gasteiger partial charge in [0.2, 0.25) is 0 Å². The number of benzene rings is 3. The molecule has 2 aliphatic heterocycles. The van der Waals surface area contributed by atoms with E-state index in [4.69, 9.17) is 56.8 Å². The standard InChI is InChI=1S/C38H50N2O14.13H2O/c41-40(42)32-3-1-31(2-4-32)39(33-5-7-35-37(29-33)53-27-23-49-19-15-45-11-9-43-13-17-47-21-25-51-35)34-6-8-36-38(30-34)54-28-24-50-20-16-46-12-10-44-14-18-48-22-26-52-36;;;;;;;;;;;;;/h1-8,29-30H,9-28H2;13*1H2. The molecule has 29 nitrogen and oxygen atoms in total. The summed E-state index contributed by atoms with van der Waals surface area (Å²) in [5.74, 6) is 1.99. The quantitative estimate of drug-likeness (QED) is 0.173. The molecule has 0 spiro atoms. The first-order valence-corrected chi connectivity index (χ1v) is 18.1. The molecule has 29 heteroatoms. The average Bonchev–Trinajstić information content (AvgIpc) is 3.18. The normalized spacial score (nSPS) is 14.9. The monoisotopic (exact) mass is 992 g/mol. The van der Waals surface area contributed by atoms with Crippen LogP contribution in [0.2, 0.25) is 0 Å². The number of nitro groups is 1. The fourth-order valence-corrected chi connectivity index (χ4v) is 5.27. The lowest BCUT2D eigenvalue weighted by atomic mass is 10.1. The molecule has 0 bridgehead atoms. The van der Waals surface area contributed by atoms with Crippen molar-refractivity contribution in [2.24, 2.45) is 0 Å². The Morgan fingerprint density at radius 3 is 0.791 bits per heavy atom. The van der Waals surface area contributed by atoms with Crippen molar-refractivity contribution in [3.8, 4) is 23.0 Å². The second-order valence-electron chi connectivity index (χ2n) is 11.7. The van der Waals surface area contributed by atoms with Crippen LogP contribution >= 0.6 is 0 Å². The van der Waals surface area contributed by atoms with Gasteiger partial charge in [-0.05, 0) is 36.4 Å². The van der Waals surface area contributed by atoms with E-state index in [-0.39, 0.29) is 90.1 Å². The number of ether oxygens (including phenoxy) is 12. The van der Waals surface area contributed by atoms with Crippen LogP contribution in [0.3, 0.4) is 0 Å². The Bertz CT molecular complexity index is 1450. The van der Waals surface area contributed by atoms with Gasteiger partial charge in [0, 0.05) is 30.0 Å². The van der Waals surface area contributed by atoms with Gasteiger partial charge in [0.25, 0.3) is 5.69 Å². The summed E-state index contributed by atoms with van der Waals surface area (Å²) in [5.41, 5.74) is 2.00. The predicted octanol–water partition coefficient (Wildman–Crippen LogP) is -5.98. The molecule has 67 heavy (non-hydrogen) atoms. The van der Waals surface area contributed by atoms with Crippen molar-refractivity contribution in [2.45, 2.75) is 0 Å². The first-order chi connectivity index (χ1) is 26.7. The van der Waals surface area contributed by atoms with Gasteiger partial charge in [-0.25, -0.2) is 0 Å². The van der Waals surface area contributed by atoms with Crippen LogP contribution in [0.15, 0.2) is 60.7 Å². The Morgan fingerprint density at radius 2 is 0.537 bits per heavy atom. The van der Waals surface area contributed by atoms with Crippen molar-refractivity contribution in [2.75, 3.05) is 137 Å². The minimum Gasteiger partial charge on any atom is -0.487 e. The molecular weight excluding hydrogens is 916 g/mol. The number of non-ortho nitro benzene ring substituents is 1. The van der Waals surface area contributed by atoms with E-state index in [9.17, 15) is 10.1 Å². The molecule has 0 saturated heterocycles. The number of nitrogens with zero attached hydrogens (tertiary/aromatic N) is 2. The van der Waals surface area contributed by atoms with E-state index < -0.39 is 4.92 Å². The van der Waals surface area contributed by atoms with Crippen LogP contribution in [0.25, 0.3) is 0 Å². The van der Waals surface area contributed by atoms with E-state index >= 15 is 0 Å².